The van der Waals surface area contributed by atoms with Crippen LogP contribution in [0.3, 0.4) is 0 Å². The first kappa shape index (κ1) is 20.8. The summed E-state index contributed by atoms with van der Waals surface area (Å²) in [5.74, 6) is 1.26. The number of nitriles is 1. The molecule has 4 rings (SSSR count). The third kappa shape index (κ3) is 3.97. The van der Waals surface area contributed by atoms with E-state index in [1.807, 2.05) is 54.8 Å². The van der Waals surface area contributed by atoms with Gasteiger partial charge in [-0.05, 0) is 50.6 Å². The minimum absolute atomic E-state index is 0.186. The van der Waals surface area contributed by atoms with E-state index in [-0.39, 0.29) is 11.7 Å². The minimum atomic E-state index is -0.186. The second kappa shape index (κ2) is 8.74. The van der Waals surface area contributed by atoms with Crippen molar-refractivity contribution in [3.63, 3.8) is 0 Å². The van der Waals surface area contributed by atoms with E-state index in [9.17, 15) is 10.1 Å². The molecule has 7 nitrogen and oxygen atoms in total. The number of para-hydroxylation sites is 2. The predicted molar refractivity (Wildman–Crippen MR) is 121 cm³/mol. The molecule has 0 bridgehead atoms. The molecule has 1 amide bonds. The van der Waals surface area contributed by atoms with Gasteiger partial charge in [0.2, 0.25) is 5.91 Å². The summed E-state index contributed by atoms with van der Waals surface area (Å²) < 4.78 is 9.48. The summed E-state index contributed by atoms with van der Waals surface area (Å²) >= 11 is 1.39. The number of fused-ring (bicyclic) bond motifs is 1. The Labute approximate surface area is 184 Å². The molecule has 0 aliphatic heterocycles. The van der Waals surface area contributed by atoms with Gasteiger partial charge in [-0.2, -0.15) is 5.26 Å². The normalized spacial score (nSPS) is 11.0. The number of thioether (sulfide) groups is 1. The van der Waals surface area contributed by atoms with Gasteiger partial charge < -0.3 is 18.9 Å². The van der Waals surface area contributed by atoms with Gasteiger partial charge in [0.05, 0.1) is 35.2 Å². The van der Waals surface area contributed by atoms with E-state index in [0.717, 1.165) is 39.8 Å². The molecule has 31 heavy (non-hydrogen) atoms. The van der Waals surface area contributed by atoms with E-state index in [1.54, 1.807) is 6.26 Å². The molecule has 0 atom stereocenters. The Morgan fingerprint density at radius 3 is 2.74 bits per heavy atom. The van der Waals surface area contributed by atoms with Crippen molar-refractivity contribution in [1.29, 1.82) is 5.26 Å². The number of nitrogens with zero attached hydrogens (tertiary/aromatic N) is 4. The van der Waals surface area contributed by atoms with Crippen LogP contribution in [0.1, 0.15) is 29.5 Å². The van der Waals surface area contributed by atoms with Crippen LogP contribution in [-0.2, 0) is 17.9 Å². The van der Waals surface area contributed by atoms with Crippen molar-refractivity contribution < 1.29 is 9.21 Å². The molecule has 3 aromatic heterocycles. The van der Waals surface area contributed by atoms with Gasteiger partial charge in [0.25, 0.3) is 0 Å². The van der Waals surface area contributed by atoms with Gasteiger partial charge >= 0.3 is 0 Å². The number of rotatable bonds is 7. The Morgan fingerprint density at radius 2 is 2.03 bits per heavy atom. The first-order valence-corrected chi connectivity index (χ1v) is 11.0. The zero-order valence-corrected chi connectivity index (χ0v) is 18.5. The minimum Gasteiger partial charge on any atom is -0.467 e. The lowest BCUT2D eigenvalue weighted by Gasteiger charge is -2.12. The number of amides is 1. The fraction of sp³-hybridized carbons (Fsp3) is 0.261. The van der Waals surface area contributed by atoms with E-state index >= 15 is 0 Å². The maximum absolute atomic E-state index is 12.8. The van der Waals surface area contributed by atoms with E-state index < -0.39 is 0 Å². The zero-order valence-electron chi connectivity index (χ0n) is 17.7. The standard InChI is InChI=1S/C23H23N5O2S/c1-4-27-20-10-6-5-9-19(20)25-23(27)31-14-21(29)26-22-18(12-24)15(2)16(3)28(22)13-17-8-7-11-30-17/h5-11H,4,13-14H2,1-3H3,(H,26,29). The van der Waals surface area contributed by atoms with Gasteiger partial charge in [-0.25, -0.2) is 4.98 Å². The summed E-state index contributed by atoms with van der Waals surface area (Å²) in [4.78, 5) is 17.5. The summed E-state index contributed by atoms with van der Waals surface area (Å²) in [5.41, 5.74) is 4.22. The van der Waals surface area contributed by atoms with Gasteiger partial charge in [0.15, 0.2) is 5.16 Å². The quantitative estimate of drug-likeness (QED) is 0.426. The van der Waals surface area contributed by atoms with Crippen molar-refractivity contribution in [2.75, 3.05) is 11.1 Å². The number of aromatic nitrogens is 3. The molecule has 0 spiro atoms. The average molecular weight is 434 g/mol. The van der Waals surface area contributed by atoms with Crippen molar-refractivity contribution in [1.82, 2.24) is 14.1 Å². The molecule has 8 heteroatoms. The van der Waals surface area contributed by atoms with Crippen LogP contribution in [0.25, 0.3) is 11.0 Å². The van der Waals surface area contributed by atoms with E-state index in [2.05, 4.69) is 27.9 Å². The molecule has 0 saturated carbocycles. The maximum Gasteiger partial charge on any atom is 0.235 e. The first-order chi connectivity index (χ1) is 15.0. The van der Waals surface area contributed by atoms with E-state index in [1.165, 1.54) is 11.8 Å². The molecule has 1 N–H and O–H groups in total. The fourth-order valence-corrected chi connectivity index (χ4v) is 4.53. The Bertz CT molecular complexity index is 1280. The maximum atomic E-state index is 12.8. The van der Waals surface area contributed by atoms with Gasteiger partial charge in [-0.1, -0.05) is 23.9 Å². The molecule has 0 fully saturated rings. The highest BCUT2D eigenvalue weighted by Crippen LogP contribution is 2.28. The van der Waals surface area contributed by atoms with Gasteiger partial charge in [0, 0.05) is 12.2 Å². The van der Waals surface area contributed by atoms with Crippen molar-refractivity contribution in [3.8, 4) is 6.07 Å². The van der Waals surface area contributed by atoms with Crippen molar-refractivity contribution in [2.24, 2.45) is 0 Å². The first-order valence-electron chi connectivity index (χ1n) is 10.0. The summed E-state index contributed by atoms with van der Waals surface area (Å²) in [7, 11) is 0. The van der Waals surface area contributed by atoms with Crippen LogP contribution >= 0.6 is 11.8 Å². The summed E-state index contributed by atoms with van der Waals surface area (Å²) in [6.07, 6.45) is 1.61. The molecule has 0 aliphatic carbocycles. The van der Waals surface area contributed by atoms with Gasteiger partial charge in [-0.3, -0.25) is 4.79 Å². The summed E-state index contributed by atoms with van der Waals surface area (Å²) in [6, 6.07) is 13.9. The highest BCUT2D eigenvalue weighted by atomic mass is 32.2. The monoisotopic (exact) mass is 433 g/mol. The van der Waals surface area contributed by atoms with Crippen LogP contribution in [0.2, 0.25) is 0 Å². The molecule has 0 aliphatic rings. The van der Waals surface area contributed by atoms with Gasteiger partial charge in [0.1, 0.15) is 17.6 Å². The van der Waals surface area contributed by atoms with Crippen molar-refractivity contribution in [2.45, 2.75) is 39.0 Å². The van der Waals surface area contributed by atoms with Crippen LogP contribution in [-0.4, -0.2) is 25.8 Å². The van der Waals surface area contributed by atoms with Gasteiger partial charge in [-0.15, -0.1) is 0 Å². The molecule has 0 unspecified atom stereocenters. The van der Waals surface area contributed by atoms with Crippen LogP contribution in [0.4, 0.5) is 5.82 Å². The molecular weight excluding hydrogens is 410 g/mol. The number of anilines is 1. The Kier molecular flexibility index (Phi) is 5.87. The largest absolute Gasteiger partial charge is 0.467 e. The number of aryl methyl sites for hydroxylation is 1. The molecule has 0 radical (unpaired) electrons. The van der Waals surface area contributed by atoms with Crippen LogP contribution in [0, 0.1) is 25.2 Å². The third-order valence-corrected chi connectivity index (χ3v) is 6.34. The van der Waals surface area contributed by atoms with Crippen LogP contribution in [0.15, 0.2) is 52.2 Å². The summed E-state index contributed by atoms with van der Waals surface area (Å²) in [5, 5.41) is 13.4. The number of carbonyl (C=O) groups excluding carboxylic acids is 1. The average Bonchev–Trinajstić information content (AvgIpc) is 3.46. The molecule has 0 saturated heterocycles. The zero-order chi connectivity index (χ0) is 22.0. The Hall–Kier alpha value is -3.44. The number of imidazole rings is 1. The predicted octanol–water partition coefficient (Wildman–Crippen LogP) is 4.72. The molecule has 158 valence electrons. The van der Waals surface area contributed by atoms with E-state index in [0.29, 0.717) is 17.9 Å². The molecular formula is C23H23N5O2S. The third-order valence-electron chi connectivity index (χ3n) is 5.36. The SMILES string of the molecule is CCn1c(SCC(=O)Nc2c(C#N)c(C)c(C)n2Cc2ccco2)nc2ccccc21. The Balaban J connectivity index is 1.55. The molecule has 3 heterocycles. The second-order valence-electron chi connectivity index (χ2n) is 7.18. The fourth-order valence-electron chi connectivity index (χ4n) is 3.65. The number of benzene rings is 1. The molecule has 1 aromatic carbocycles. The lowest BCUT2D eigenvalue weighted by Crippen LogP contribution is -2.18. The lowest BCUT2D eigenvalue weighted by atomic mass is 10.2. The number of hydrogen-bond donors (Lipinski definition) is 1. The highest BCUT2D eigenvalue weighted by Gasteiger charge is 2.21. The van der Waals surface area contributed by atoms with Crippen molar-refractivity contribution >= 4 is 34.5 Å². The van der Waals surface area contributed by atoms with Crippen LogP contribution < -0.4 is 5.32 Å². The Morgan fingerprint density at radius 1 is 1.23 bits per heavy atom. The highest BCUT2D eigenvalue weighted by molar-refractivity contribution is 7.99. The van der Waals surface area contributed by atoms with Crippen molar-refractivity contribution in [3.05, 3.63) is 65.2 Å². The number of nitrogens with one attached hydrogen (secondary N) is 1. The smallest absolute Gasteiger partial charge is 0.235 e. The van der Waals surface area contributed by atoms with Crippen LogP contribution in [0.5, 0.6) is 0 Å². The summed E-state index contributed by atoms with van der Waals surface area (Å²) in [6.45, 7) is 7.10. The second-order valence-corrected chi connectivity index (χ2v) is 8.12. The number of carbonyl (C=O) groups is 1. The molecule has 4 aromatic rings. The number of furan rings is 1. The number of hydrogen-bond acceptors (Lipinski definition) is 5. The van der Waals surface area contributed by atoms with E-state index in [4.69, 9.17) is 4.42 Å². The topological polar surface area (TPSA) is 88.8 Å². The lowest BCUT2D eigenvalue weighted by molar-refractivity contribution is -0.113.